The van der Waals surface area contributed by atoms with Crippen molar-refractivity contribution in [2.75, 3.05) is 7.11 Å². The van der Waals surface area contributed by atoms with Gasteiger partial charge in [-0.25, -0.2) is 0 Å². The van der Waals surface area contributed by atoms with Gasteiger partial charge in [-0.2, -0.15) is 0 Å². The SMILES string of the molecule is COc1ccc(C(=N)N)c(Oc2cccc([N+](=O)[O-])c2)c1. The zero-order valence-corrected chi connectivity index (χ0v) is 11.2. The number of nitro groups is 1. The number of methoxy groups -OCH3 is 1. The van der Waals surface area contributed by atoms with Crippen LogP contribution in [0.1, 0.15) is 5.56 Å². The number of nitrogen functional groups attached to an aromatic ring is 1. The zero-order valence-electron chi connectivity index (χ0n) is 11.2. The Morgan fingerprint density at radius 1 is 1.24 bits per heavy atom. The van der Waals surface area contributed by atoms with Crippen LogP contribution in [0, 0.1) is 15.5 Å². The molecule has 0 spiro atoms. The zero-order chi connectivity index (χ0) is 15.4. The van der Waals surface area contributed by atoms with Gasteiger partial charge in [0.25, 0.3) is 5.69 Å². The maximum atomic E-state index is 10.8. The fourth-order valence-electron chi connectivity index (χ4n) is 1.72. The first-order chi connectivity index (χ1) is 10.0. The summed E-state index contributed by atoms with van der Waals surface area (Å²) in [5.74, 6) is 0.931. The maximum Gasteiger partial charge on any atom is 0.273 e. The first kappa shape index (κ1) is 14.3. The van der Waals surface area contributed by atoms with Crippen molar-refractivity contribution in [3.8, 4) is 17.2 Å². The maximum absolute atomic E-state index is 10.8. The Labute approximate surface area is 120 Å². The van der Waals surface area contributed by atoms with Crippen molar-refractivity contribution >= 4 is 11.5 Å². The summed E-state index contributed by atoms with van der Waals surface area (Å²) in [6, 6.07) is 10.6. The first-order valence-corrected chi connectivity index (χ1v) is 5.96. The molecule has 2 rings (SSSR count). The second-order valence-electron chi connectivity index (χ2n) is 4.13. The quantitative estimate of drug-likeness (QED) is 0.380. The lowest BCUT2D eigenvalue weighted by Gasteiger charge is -2.11. The predicted octanol–water partition coefficient (Wildman–Crippen LogP) is 2.68. The fraction of sp³-hybridized carbons (Fsp3) is 0.0714. The van der Waals surface area contributed by atoms with Crippen molar-refractivity contribution in [3.63, 3.8) is 0 Å². The third-order valence-electron chi connectivity index (χ3n) is 2.74. The number of nitro benzene ring substituents is 1. The number of ether oxygens (including phenoxy) is 2. The highest BCUT2D eigenvalue weighted by Crippen LogP contribution is 2.30. The largest absolute Gasteiger partial charge is 0.497 e. The second-order valence-corrected chi connectivity index (χ2v) is 4.13. The Hall–Kier alpha value is -3.09. The van der Waals surface area contributed by atoms with E-state index in [2.05, 4.69) is 0 Å². The van der Waals surface area contributed by atoms with Crippen LogP contribution in [0.4, 0.5) is 5.69 Å². The van der Waals surface area contributed by atoms with Gasteiger partial charge in [0.05, 0.1) is 23.7 Å². The standard InChI is InChI=1S/C14H13N3O4/c1-20-10-5-6-12(14(15)16)13(8-10)21-11-4-2-3-9(7-11)17(18)19/h2-8H,1H3,(H3,15,16). The summed E-state index contributed by atoms with van der Waals surface area (Å²) in [5.41, 5.74) is 5.79. The van der Waals surface area contributed by atoms with E-state index in [1.165, 1.54) is 25.3 Å². The molecule has 0 aliphatic rings. The normalized spacial score (nSPS) is 9.95. The molecular weight excluding hydrogens is 274 g/mol. The average Bonchev–Trinajstić information content (AvgIpc) is 2.47. The molecule has 0 atom stereocenters. The van der Waals surface area contributed by atoms with Crippen LogP contribution in [-0.4, -0.2) is 17.9 Å². The van der Waals surface area contributed by atoms with Gasteiger partial charge in [-0.3, -0.25) is 15.5 Å². The number of benzene rings is 2. The van der Waals surface area contributed by atoms with E-state index in [-0.39, 0.29) is 17.3 Å². The third kappa shape index (κ3) is 3.27. The molecule has 0 unspecified atom stereocenters. The first-order valence-electron chi connectivity index (χ1n) is 5.96. The number of amidine groups is 1. The summed E-state index contributed by atoms with van der Waals surface area (Å²) in [6.07, 6.45) is 0. The molecule has 0 saturated heterocycles. The van der Waals surface area contributed by atoms with Gasteiger partial charge in [0.2, 0.25) is 0 Å². The Morgan fingerprint density at radius 3 is 2.62 bits per heavy atom. The lowest BCUT2D eigenvalue weighted by molar-refractivity contribution is -0.384. The van der Waals surface area contributed by atoms with Crippen LogP contribution in [0.5, 0.6) is 17.2 Å². The van der Waals surface area contributed by atoms with Gasteiger partial charge >= 0.3 is 0 Å². The molecule has 0 amide bonds. The van der Waals surface area contributed by atoms with Crippen LogP contribution in [0.2, 0.25) is 0 Å². The smallest absolute Gasteiger partial charge is 0.273 e. The molecular formula is C14H13N3O4. The van der Waals surface area contributed by atoms with Gasteiger partial charge in [0.15, 0.2) is 0 Å². The van der Waals surface area contributed by atoms with E-state index in [1.807, 2.05) is 0 Å². The lowest BCUT2D eigenvalue weighted by atomic mass is 10.1. The summed E-state index contributed by atoms with van der Waals surface area (Å²) in [4.78, 5) is 10.2. The number of nitrogens with two attached hydrogens (primary N) is 1. The number of hydrogen-bond donors (Lipinski definition) is 2. The van der Waals surface area contributed by atoms with Crippen molar-refractivity contribution in [1.82, 2.24) is 0 Å². The molecule has 7 nitrogen and oxygen atoms in total. The van der Waals surface area contributed by atoms with Crippen molar-refractivity contribution in [1.29, 1.82) is 5.41 Å². The predicted molar refractivity (Wildman–Crippen MR) is 77.2 cm³/mol. The van der Waals surface area contributed by atoms with E-state index in [1.54, 1.807) is 24.3 Å². The van der Waals surface area contributed by atoms with Crippen LogP contribution in [-0.2, 0) is 0 Å². The molecule has 21 heavy (non-hydrogen) atoms. The monoisotopic (exact) mass is 287 g/mol. The van der Waals surface area contributed by atoms with E-state index in [0.29, 0.717) is 17.1 Å². The summed E-state index contributed by atoms with van der Waals surface area (Å²) in [7, 11) is 1.50. The lowest BCUT2D eigenvalue weighted by Crippen LogP contribution is -2.12. The molecule has 0 fully saturated rings. The van der Waals surface area contributed by atoms with Crippen LogP contribution in [0.15, 0.2) is 42.5 Å². The van der Waals surface area contributed by atoms with Crippen molar-refractivity contribution in [3.05, 3.63) is 58.1 Å². The molecule has 0 aliphatic heterocycles. The number of nitrogens with one attached hydrogen (secondary N) is 1. The molecule has 0 bridgehead atoms. The third-order valence-corrected chi connectivity index (χ3v) is 2.74. The number of hydrogen-bond acceptors (Lipinski definition) is 5. The van der Waals surface area contributed by atoms with E-state index >= 15 is 0 Å². The molecule has 0 radical (unpaired) electrons. The summed E-state index contributed by atoms with van der Waals surface area (Å²) >= 11 is 0. The highest BCUT2D eigenvalue weighted by molar-refractivity contribution is 5.97. The van der Waals surface area contributed by atoms with Crippen molar-refractivity contribution in [2.45, 2.75) is 0 Å². The second kappa shape index (κ2) is 5.91. The van der Waals surface area contributed by atoms with Crippen LogP contribution in [0.3, 0.4) is 0 Å². The molecule has 0 aliphatic carbocycles. The number of non-ortho nitro benzene ring substituents is 1. The topological polar surface area (TPSA) is 111 Å². The summed E-state index contributed by atoms with van der Waals surface area (Å²) < 4.78 is 10.7. The Bertz CT molecular complexity index is 700. The Kier molecular flexibility index (Phi) is 4.03. The van der Waals surface area contributed by atoms with E-state index in [0.717, 1.165) is 0 Å². The highest BCUT2D eigenvalue weighted by atomic mass is 16.6. The highest BCUT2D eigenvalue weighted by Gasteiger charge is 2.12. The van der Waals surface area contributed by atoms with Crippen molar-refractivity contribution < 1.29 is 14.4 Å². The van der Waals surface area contributed by atoms with Crippen molar-refractivity contribution in [2.24, 2.45) is 5.73 Å². The molecule has 3 N–H and O–H groups in total. The van der Waals surface area contributed by atoms with E-state index < -0.39 is 4.92 Å². The minimum atomic E-state index is -0.510. The molecule has 2 aromatic rings. The van der Waals surface area contributed by atoms with Gasteiger partial charge in [-0.1, -0.05) is 6.07 Å². The van der Waals surface area contributed by atoms with Gasteiger partial charge in [-0.15, -0.1) is 0 Å². The molecule has 0 saturated carbocycles. The van der Waals surface area contributed by atoms with Crippen LogP contribution >= 0.6 is 0 Å². The molecule has 0 aromatic heterocycles. The van der Waals surface area contributed by atoms with E-state index in [9.17, 15) is 10.1 Å². The minimum Gasteiger partial charge on any atom is -0.497 e. The van der Waals surface area contributed by atoms with E-state index in [4.69, 9.17) is 20.6 Å². The van der Waals surface area contributed by atoms with Crippen LogP contribution < -0.4 is 15.2 Å². The number of rotatable bonds is 5. The van der Waals surface area contributed by atoms with Gasteiger partial charge in [0.1, 0.15) is 23.1 Å². The number of nitrogens with zero attached hydrogens (tertiary/aromatic N) is 1. The minimum absolute atomic E-state index is 0.0835. The molecule has 7 heteroatoms. The van der Waals surface area contributed by atoms with Gasteiger partial charge in [0, 0.05) is 12.1 Å². The Balaban J connectivity index is 2.40. The molecule has 2 aromatic carbocycles. The summed E-state index contributed by atoms with van der Waals surface area (Å²) in [5, 5.41) is 18.3. The molecule has 108 valence electrons. The Morgan fingerprint density at radius 2 is 2.00 bits per heavy atom. The van der Waals surface area contributed by atoms with Gasteiger partial charge in [-0.05, 0) is 18.2 Å². The molecule has 0 heterocycles. The fourth-order valence-corrected chi connectivity index (χ4v) is 1.72. The van der Waals surface area contributed by atoms with Crippen LogP contribution in [0.25, 0.3) is 0 Å². The average molecular weight is 287 g/mol. The summed E-state index contributed by atoms with van der Waals surface area (Å²) in [6.45, 7) is 0. The van der Waals surface area contributed by atoms with Gasteiger partial charge < -0.3 is 15.2 Å².